The molecule has 12 nitrogen and oxygen atoms in total. The Balaban J connectivity index is 0.000000197. The van der Waals surface area contributed by atoms with Gasteiger partial charge in [-0.05, 0) is 164 Å². The predicted octanol–water partition coefficient (Wildman–Crippen LogP) is 16.2. The van der Waals surface area contributed by atoms with Crippen LogP contribution in [0.25, 0.3) is 0 Å². The summed E-state index contributed by atoms with van der Waals surface area (Å²) in [6.45, 7) is 3.79. The molecule has 0 spiro atoms. The SMILES string of the molecule is COc1ccc(C2(c3ccc(Oc4ccc(C(=O)c5ccc(C)c(SOOO)c5)cc4S(=O)(=O)O)cc3)CCCCC2)cc1.COc1ccc(C2(c3ccc(Oc4ccc(C(=O)c5ccc(C)cc5)cc4)cc3)CCCCC2)cc1. The minimum Gasteiger partial charge on any atom is -0.497 e. The van der Waals surface area contributed by atoms with E-state index in [1.807, 2.05) is 79.7 Å². The lowest BCUT2D eigenvalue weighted by atomic mass is 9.65. The van der Waals surface area contributed by atoms with Gasteiger partial charge >= 0.3 is 0 Å². The molecule has 2 fully saturated rings. The highest BCUT2D eigenvalue weighted by atomic mass is 32.2. The zero-order valence-corrected chi connectivity index (χ0v) is 46.8. The summed E-state index contributed by atoms with van der Waals surface area (Å²) in [5.41, 5.74) is 8.42. The summed E-state index contributed by atoms with van der Waals surface area (Å²) < 4.78 is 62.1. The lowest BCUT2D eigenvalue weighted by Gasteiger charge is -2.38. The minimum absolute atomic E-state index is 0.0159. The topological polar surface area (TPSA) is 164 Å². The molecule has 2 saturated carbocycles. The Labute approximate surface area is 472 Å². The normalized spacial score (nSPS) is 14.7. The van der Waals surface area contributed by atoms with Crippen LogP contribution in [-0.4, -0.2) is 44.0 Å². The molecule has 0 amide bonds. The fourth-order valence-corrected chi connectivity index (χ4v) is 12.2. The first-order chi connectivity index (χ1) is 38.7. The maximum absolute atomic E-state index is 13.2. The molecule has 412 valence electrons. The summed E-state index contributed by atoms with van der Waals surface area (Å²) in [4.78, 5) is 26.0. The van der Waals surface area contributed by atoms with Gasteiger partial charge in [-0.3, -0.25) is 14.1 Å². The van der Waals surface area contributed by atoms with Crippen LogP contribution in [-0.2, 0) is 30.3 Å². The average molecular weight is 1110 g/mol. The molecule has 14 heteroatoms. The van der Waals surface area contributed by atoms with Crippen molar-refractivity contribution in [3.05, 3.63) is 238 Å². The van der Waals surface area contributed by atoms with Crippen molar-refractivity contribution in [1.82, 2.24) is 0 Å². The van der Waals surface area contributed by atoms with Crippen LogP contribution in [0.2, 0.25) is 0 Å². The Bertz CT molecular complexity index is 3500. The van der Waals surface area contributed by atoms with E-state index in [2.05, 4.69) is 70.0 Å². The van der Waals surface area contributed by atoms with Gasteiger partial charge in [0.1, 0.15) is 39.4 Å². The van der Waals surface area contributed by atoms with Crippen LogP contribution in [0.1, 0.15) is 129 Å². The average Bonchev–Trinajstić information content (AvgIpc) is 3.60. The van der Waals surface area contributed by atoms with Crippen LogP contribution < -0.4 is 18.9 Å². The van der Waals surface area contributed by atoms with Gasteiger partial charge in [0.05, 0.1) is 26.3 Å². The second kappa shape index (κ2) is 25.7. The zero-order chi connectivity index (χ0) is 56.3. The van der Waals surface area contributed by atoms with Crippen LogP contribution in [0.4, 0.5) is 0 Å². The van der Waals surface area contributed by atoms with Crippen LogP contribution in [0.15, 0.2) is 192 Å². The first-order valence-corrected chi connectivity index (χ1v) is 28.9. The number of ether oxygens (including phenoxy) is 4. The standard InChI is InChI=1S/C33H32O9S2.C33H32O3/c1-22-6-7-23(20-30(22)43-42-41-35)32(34)24-8-17-29(31(21-24)44(36,37)38)40-28-15-11-26(12-16-28)33(18-4-3-5-19-33)25-9-13-27(39-2)14-10-25;1-24-6-8-25(9-7-24)32(34)26-10-16-30(17-11-26)36-31-20-14-28(15-21-31)33(22-4-3-5-23-33)27-12-18-29(35-2)19-13-27/h6-17,20-21,35H,3-5,18-19H2,1-2H3,(H,36,37,38);6-21H,3-5,22-23H2,1-2H3. The minimum atomic E-state index is -4.75. The highest BCUT2D eigenvalue weighted by Gasteiger charge is 2.37. The van der Waals surface area contributed by atoms with Gasteiger partial charge in [-0.25, -0.2) is 5.26 Å². The zero-order valence-electron chi connectivity index (χ0n) is 45.2. The second-order valence-electron chi connectivity index (χ2n) is 20.4. The summed E-state index contributed by atoms with van der Waals surface area (Å²) in [7, 11) is -1.40. The van der Waals surface area contributed by atoms with Crippen molar-refractivity contribution in [1.29, 1.82) is 0 Å². The molecule has 2 N–H and O–H groups in total. The highest BCUT2D eigenvalue weighted by Crippen LogP contribution is 2.47. The summed E-state index contributed by atoms with van der Waals surface area (Å²) in [6, 6.07) is 56.5. The lowest BCUT2D eigenvalue weighted by molar-refractivity contribution is -0.432. The molecule has 0 saturated heterocycles. The van der Waals surface area contributed by atoms with Crippen molar-refractivity contribution in [3.63, 3.8) is 0 Å². The van der Waals surface area contributed by atoms with E-state index in [0.717, 1.165) is 78.5 Å². The first kappa shape index (κ1) is 57.1. The van der Waals surface area contributed by atoms with E-state index in [1.54, 1.807) is 45.4 Å². The molecule has 2 aliphatic carbocycles. The molecule has 0 heterocycles. The fourth-order valence-electron chi connectivity index (χ4n) is 11.1. The number of methoxy groups -OCH3 is 2. The molecule has 0 radical (unpaired) electrons. The summed E-state index contributed by atoms with van der Waals surface area (Å²) in [5, 5.41) is 12.1. The van der Waals surface area contributed by atoms with Gasteiger partial charge in [-0.2, -0.15) is 8.42 Å². The Kier molecular flexibility index (Phi) is 18.4. The largest absolute Gasteiger partial charge is 0.497 e. The number of aryl methyl sites for hydroxylation is 2. The summed E-state index contributed by atoms with van der Waals surface area (Å²) >= 11 is 0.709. The molecule has 0 atom stereocenters. The number of carbonyl (C=O) groups is 2. The molecule has 8 aromatic rings. The first-order valence-electron chi connectivity index (χ1n) is 26.7. The molecule has 2 aliphatic rings. The second-order valence-corrected chi connectivity index (χ2v) is 22.5. The van der Waals surface area contributed by atoms with Crippen molar-refractivity contribution in [3.8, 4) is 34.5 Å². The van der Waals surface area contributed by atoms with Crippen molar-refractivity contribution in [2.75, 3.05) is 14.2 Å². The molecule has 0 aliphatic heterocycles. The van der Waals surface area contributed by atoms with Crippen LogP contribution in [0.5, 0.6) is 34.5 Å². The highest BCUT2D eigenvalue weighted by molar-refractivity contribution is 7.94. The third-order valence-corrected chi connectivity index (χ3v) is 17.1. The van der Waals surface area contributed by atoms with E-state index in [1.165, 1.54) is 60.6 Å². The van der Waals surface area contributed by atoms with Gasteiger partial charge in [0.15, 0.2) is 11.6 Å². The Morgan fingerprint density at radius 2 is 0.838 bits per heavy atom. The van der Waals surface area contributed by atoms with Crippen LogP contribution in [0.3, 0.4) is 0 Å². The number of ketones is 2. The Morgan fingerprint density at radius 1 is 0.463 bits per heavy atom. The molecule has 0 unspecified atom stereocenters. The van der Waals surface area contributed by atoms with Crippen molar-refractivity contribution in [2.45, 2.75) is 98.7 Å². The Morgan fingerprint density at radius 3 is 1.27 bits per heavy atom. The monoisotopic (exact) mass is 1110 g/mol. The van der Waals surface area contributed by atoms with E-state index in [4.69, 9.17) is 24.2 Å². The van der Waals surface area contributed by atoms with E-state index in [-0.39, 0.29) is 33.5 Å². The van der Waals surface area contributed by atoms with E-state index >= 15 is 0 Å². The molecule has 10 rings (SSSR count). The number of carbonyl (C=O) groups excluding carboxylic acids is 2. The van der Waals surface area contributed by atoms with E-state index in [9.17, 15) is 22.6 Å². The van der Waals surface area contributed by atoms with E-state index < -0.39 is 20.8 Å². The van der Waals surface area contributed by atoms with Gasteiger partial charge in [-0.15, -0.1) is 4.33 Å². The summed E-state index contributed by atoms with van der Waals surface area (Å²) in [6.07, 6.45) is 11.5. The fraction of sp³-hybridized carbons (Fsp3) is 0.242. The number of benzene rings is 8. The smallest absolute Gasteiger partial charge is 0.298 e. The maximum atomic E-state index is 13.2. The molecule has 0 aromatic heterocycles. The molecular formula is C66H64O12S2. The molecule has 0 bridgehead atoms. The molecule has 80 heavy (non-hydrogen) atoms. The van der Waals surface area contributed by atoms with Crippen molar-refractivity contribution in [2.24, 2.45) is 0 Å². The van der Waals surface area contributed by atoms with Gasteiger partial charge in [0.2, 0.25) is 0 Å². The van der Waals surface area contributed by atoms with Crippen LogP contribution >= 0.6 is 12.0 Å². The predicted molar refractivity (Wildman–Crippen MR) is 309 cm³/mol. The van der Waals surface area contributed by atoms with Gasteiger partial charge in [0.25, 0.3) is 10.1 Å². The van der Waals surface area contributed by atoms with Crippen LogP contribution in [0, 0.1) is 13.8 Å². The quantitative estimate of drug-likeness (QED) is 0.0274. The van der Waals surface area contributed by atoms with Gasteiger partial charge in [0, 0.05) is 38.0 Å². The van der Waals surface area contributed by atoms with Gasteiger partial charge in [-0.1, -0.05) is 134 Å². The lowest BCUT2D eigenvalue weighted by Crippen LogP contribution is -2.30. The van der Waals surface area contributed by atoms with Gasteiger partial charge < -0.3 is 18.9 Å². The summed E-state index contributed by atoms with van der Waals surface area (Å²) in [5.74, 6) is 2.98. The van der Waals surface area contributed by atoms with Crippen molar-refractivity contribution >= 4 is 33.7 Å². The third-order valence-electron chi connectivity index (χ3n) is 15.5. The van der Waals surface area contributed by atoms with Crippen molar-refractivity contribution < 1.29 is 56.1 Å². The molecule has 8 aromatic carbocycles. The number of rotatable bonds is 18. The maximum Gasteiger partial charge on any atom is 0.298 e. The third kappa shape index (κ3) is 13.2. The molecular weight excluding hydrogens is 1050 g/mol. The number of hydrogen-bond acceptors (Lipinski definition) is 12. The number of hydrogen-bond donors (Lipinski definition) is 2. The van der Waals surface area contributed by atoms with E-state index in [0.29, 0.717) is 39.6 Å². The Hall–Kier alpha value is -7.56.